The van der Waals surface area contributed by atoms with E-state index in [4.69, 9.17) is 33.8 Å². The zero-order valence-electron chi connectivity index (χ0n) is 8.82. The van der Waals surface area contributed by atoms with Crippen molar-refractivity contribution in [2.24, 2.45) is 16.8 Å². The van der Waals surface area contributed by atoms with Crippen molar-refractivity contribution in [2.45, 2.75) is 12.8 Å². The Kier molecular flexibility index (Phi) is 3.54. The van der Waals surface area contributed by atoms with Gasteiger partial charge in [-0.15, -0.1) is 0 Å². The fourth-order valence-corrected chi connectivity index (χ4v) is 1.74. The lowest BCUT2D eigenvalue weighted by Crippen LogP contribution is -2.16. The zero-order chi connectivity index (χ0) is 12.4. The Morgan fingerprint density at radius 3 is 2.71 bits per heavy atom. The van der Waals surface area contributed by atoms with Crippen molar-refractivity contribution in [3.63, 3.8) is 0 Å². The second kappa shape index (κ2) is 4.94. The van der Waals surface area contributed by atoms with Crippen LogP contribution in [-0.4, -0.2) is 11.8 Å². The van der Waals surface area contributed by atoms with Crippen LogP contribution in [0.25, 0.3) is 0 Å². The Labute approximate surface area is 108 Å². The molecule has 0 aromatic heterocycles. The van der Waals surface area contributed by atoms with E-state index in [0.29, 0.717) is 15.6 Å². The number of amidine groups is 1. The van der Waals surface area contributed by atoms with Crippen LogP contribution in [0.3, 0.4) is 0 Å². The summed E-state index contributed by atoms with van der Waals surface area (Å²) in [6, 6.07) is 4.80. The first-order chi connectivity index (χ1) is 8.08. The van der Waals surface area contributed by atoms with Crippen molar-refractivity contribution < 1.29 is 9.63 Å². The van der Waals surface area contributed by atoms with Gasteiger partial charge in [0.1, 0.15) is 0 Å². The summed E-state index contributed by atoms with van der Waals surface area (Å²) in [7, 11) is 0. The van der Waals surface area contributed by atoms with E-state index in [2.05, 4.69) is 5.16 Å². The summed E-state index contributed by atoms with van der Waals surface area (Å²) in [5, 5.41) is 4.43. The third-order valence-corrected chi connectivity index (χ3v) is 2.90. The van der Waals surface area contributed by atoms with Crippen LogP contribution >= 0.6 is 23.2 Å². The highest BCUT2D eigenvalue weighted by Crippen LogP contribution is 2.30. The molecule has 1 fully saturated rings. The van der Waals surface area contributed by atoms with Gasteiger partial charge in [0.15, 0.2) is 5.84 Å². The SMILES string of the molecule is N/C(=N\OC(=O)C1CC1)c1ccc(Cl)cc1Cl. The van der Waals surface area contributed by atoms with Crippen molar-refractivity contribution in [3.05, 3.63) is 33.8 Å². The molecule has 0 spiro atoms. The molecule has 0 radical (unpaired) electrons. The third kappa shape index (κ3) is 3.11. The lowest BCUT2D eigenvalue weighted by molar-refractivity contribution is -0.145. The second-order valence-corrected chi connectivity index (χ2v) is 4.63. The predicted octanol–water partition coefficient (Wildman–Crippen LogP) is 2.57. The van der Waals surface area contributed by atoms with Crippen LogP contribution in [0.2, 0.25) is 10.0 Å². The minimum Gasteiger partial charge on any atom is -0.380 e. The van der Waals surface area contributed by atoms with Gasteiger partial charge in [0.2, 0.25) is 0 Å². The molecular weight excluding hydrogens is 263 g/mol. The number of hydrogen-bond donors (Lipinski definition) is 1. The fraction of sp³-hybridized carbons (Fsp3) is 0.273. The maximum Gasteiger partial charge on any atom is 0.338 e. The van der Waals surface area contributed by atoms with Crippen molar-refractivity contribution in [1.29, 1.82) is 0 Å². The molecule has 0 atom stereocenters. The minimum absolute atomic E-state index is 0.0211. The van der Waals surface area contributed by atoms with Crippen LogP contribution < -0.4 is 5.73 Å². The van der Waals surface area contributed by atoms with Crippen LogP contribution in [-0.2, 0) is 9.63 Å². The van der Waals surface area contributed by atoms with Crippen molar-refractivity contribution in [3.8, 4) is 0 Å². The van der Waals surface area contributed by atoms with Crippen LogP contribution in [0.15, 0.2) is 23.4 Å². The van der Waals surface area contributed by atoms with E-state index in [1.165, 1.54) is 0 Å². The van der Waals surface area contributed by atoms with E-state index in [-0.39, 0.29) is 17.7 Å². The van der Waals surface area contributed by atoms with E-state index in [1.54, 1.807) is 18.2 Å². The van der Waals surface area contributed by atoms with Gasteiger partial charge in [-0.1, -0.05) is 28.4 Å². The van der Waals surface area contributed by atoms with Crippen LogP contribution in [0.5, 0.6) is 0 Å². The molecule has 1 aliphatic carbocycles. The van der Waals surface area contributed by atoms with Gasteiger partial charge < -0.3 is 10.6 Å². The van der Waals surface area contributed by atoms with Crippen LogP contribution in [0.4, 0.5) is 0 Å². The molecule has 2 rings (SSSR count). The molecule has 1 aromatic carbocycles. The highest BCUT2D eigenvalue weighted by Gasteiger charge is 2.31. The average molecular weight is 273 g/mol. The normalized spacial score (nSPS) is 15.8. The second-order valence-electron chi connectivity index (χ2n) is 3.79. The molecule has 0 aliphatic heterocycles. The lowest BCUT2D eigenvalue weighted by atomic mass is 10.2. The number of nitrogens with two attached hydrogens (primary N) is 1. The first kappa shape index (κ1) is 12.2. The number of nitrogens with zero attached hydrogens (tertiary/aromatic N) is 1. The first-order valence-corrected chi connectivity index (χ1v) is 5.83. The average Bonchev–Trinajstić information content (AvgIpc) is 3.09. The zero-order valence-corrected chi connectivity index (χ0v) is 10.3. The summed E-state index contributed by atoms with van der Waals surface area (Å²) >= 11 is 11.7. The molecule has 1 aromatic rings. The Bertz CT molecular complexity index is 484. The predicted molar refractivity (Wildman–Crippen MR) is 66.0 cm³/mol. The molecule has 1 saturated carbocycles. The molecule has 4 nitrogen and oxygen atoms in total. The number of oxime groups is 1. The summed E-state index contributed by atoms with van der Waals surface area (Å²) in [6.45, 7) is 0. The smallest absolute Gasteiger partial charge is 0.338 e. The molecule has 6 heteroatoms. The fourth-order valence-electron chi connectivity index (χ4n) is 1.23. The number of carbonyl (C=O) groups excluding carboxylic acids is 1. The molecular formula is C11H10Cl2N2O2. The standard InChI is InChI=1S/C11H10Cl2N2O2/c12-7-3-4-8(9(13)5-7)10(14)15-17-11(16)6-1-2-6/h3-6H,1-2H2,(H2,14,15). The van der Waals surface area contributed by atoms with Gasteiger partial charge in [0.05, 0.1) is 10.9 Å². The topological polar surface area (TPSA) is 64.7 Å². The molecule has 0 unspecified atom stereocenters. The third-order valence-electron chi connectivity index (χ3n) is 2.35. The van der Waals surface area contributed by atoms with E-state index < -0.39 is 0 Å². The van der Waals surface area contributed by atoms with E-state index in [0.717, 1.165) is 12.8 Å². The monoisotopic (exact) mass is 272 g/mol. The number of benzene rings is 1. The van der Waals surface area contributed by atoms with Gasteiger partial charge in [-0.3, -0.25) is 0 Å². The maximum absolute atomic E-state index is 11.2. The number of carbonyl (C=O) groups is 1. The summed E-state index contributed by atoms with van der Waals surface area (Å²) in [6.07, 6.45) is 1.71. The highest BCUT2D eigenvalue weighted by molar-refractivity contribution is 6.36. The Hall–Kier alpha value is -1.26. The quantitative estimate of drug-likeness (QED) is 0.398. The van der Waals surface area contributed by atoms with Crippen molar-refractivity contribution in [1.82, 2.24) is 0 Å². The van der Waals surface area contributed by atoms with Crippen molar-refractivity contribution in [2.75, 3.05) is 0 Å². The Balaban J connectivity index is 2.09. The van der Waals surface area contributed by atoms with E-state index >= 15 is 0 Å². The molecule has 1 aliphatic rings. The Morgan fingerprint density at radius 2 is 2.12 bits per heavy atom. The molecule has 0 saturated heterocycles. The van der Waals surface area contributed by atoms with Gasteiger partial charge in [0.25, 0.3) is 0 Å². The summed E-state index contributed by atoms with van der Waals surface area (Å²) < 4.78 is 0. The van der Waals surface area contributed by atoms with Crippen molar-refractivity contribution >= 4 is 35.0 Å². The molecule has 17 heavy (non-hydrogen) atoms. The Morgan fingerprint density at radius 1 is 1.41 bits per heavy atom. The number of halogens is 2. The van der Waals surface area contributed by atoms with Crippen LogP contribution in [0, 0.1) is 5.92 Å². The first-order valence-electron chi connectivity index (χ1n) is 5.07. The van der Waals surface area contributed by atoms with Crippen LogP contribution in [0.1, 0.15) is 18.4 Å². The van der Waals surface area contributed by atoms with Gasteiger partial charge in [-0.05, 0) is 31.0 Å². The maximum atomic E-state index is 11.2. The molecule has 90 valence electrons. The van der Waals surface area contributed by atoms with E-state index in [9.17, 15) is 4.79 Å². The summed E-state index contributed by atoms with van der Waals surface area (Å²) in [5.41, 5.74) is 6.15. The lowest BCUT2D eigenvalue weighted by Gasteiger charge is -2.03. The summed E-state index contributed by atoms with van der Waals surface area (Å²) in [5.74, 6) is -0.314. The number of rotatable bonds is 3. The molecule has 0 bridgehead atoms. The van der Waals surface area contributed by atoms with E-state index in [1.807, 2.05) is 0 Å². The van der Waals surface area contributed by atoms with Gasteiger partial charge in [-0.2, -0.15) is 0 Å². The number of hydrogen-bond acceptors (Lipinski definition) is 3. The van der Waals surface area contributed by atoms with Gasteiger partial charge >= 0.3 is 5.97 Å². The highest BCUT2D eigenvalue weighted by atomic mass is 35.5. The summed E-state index contributed by atoms with van der Waals surface area (Å²) in [4.78, 5) is 15.9. The molecule has 0 amide bonds. The molecule has 2 N–H and O–H groups in total. The largest absolute Gasteiger partial charge is 0.380 e. The van der Waals surface area contributed by atoms with Gasteiger partial charge in [0, 0.05) is 10.6 Å². The molecule has 0 heterocycles. The minimum atomic E-state index is -0.349. The van der Waals surface area contributed by atoms with Gasteiger partial charge in [-0.25, -0.2) is 4.79 Å².